The third-order valence-corrected chi connectivity index (χ3v) is 3.81. The van der Waals surface area contributed by atoms with Crippen molar-refractivity contribution in [3.8, 4) is 0 Å². The van der Waals surface area contributed by atoms with Crippen LogP contribution in [0.25, 0.3) is 0 Å². The van der Waals surface area contributed by atoms with Crippen molar-refractivity contribution in [3.05, 3.63) is 33.8 Å². The fraction of sp³-hybridized carbons (Fsp3) is 0.364. The summed E-state index contributed by atoms with van der Waals surface area (Å²) in [5.74, 6) is -0.221. The van der Waals surface area contributed by atoms with Gasteiger partial charge in [-0.05, 0) is 30.7 Å². The van der Waals surface area contributed by atoms with E-state index in [1.165, 1.54) is 0 Å². The second-order valence-electron chi connectivity index (χ2n) is 3.89. The zero-order chi connectivity index (χ0) is 13.8. The van der Waals surface area contributed by atoms with Crippen LogP contribution in [0.5, 0.6) is 0 Å². The minimum absolute atomic E-state index is 0.181. The highest BCUT2D eigenvalue weighted by atomic mass is 79.9. The molecule has 0 aromatic heterocycles. The summed E-state index contributed by atoms with van der Waals surface area (Å²) < 4.78 is 24.8. The summed E-state index contributed by atoms with van der Waals surface area (Å²) >= 11 is 3.36. The van der Waals surface area contributed by atoms with Crippen LogP contribution in [-0.4, -0.2) is 33.7 Å². The molecule has 2 N–H and O–H groups in total. The van der Waals surface area contributed by atoms with Gasteiger partial charge in [-0.25, -0.2) is 13.1 Å². The van der Waals surface area contributed by atoms with Crippen LogP contribution < -0.4 is 10.0 Å². The van der Waals surface area contributed by atoms with Gasteiger partial charge in [0.15, 0.2) is 0 Å². The number of carbonyl (C=O) groups excluding carboxylic acids is 1. The summed E-state index contributed by atoms with van der Waals surface area (Å²) in [5.41, 5.74) is 1.52. The van der Waals surface area contributed by atoms with E-state index in [1.54, 1.807) is 18.2 Å². The predicted octanol–water partition coefficient (Wildman–Crippen LogP) is 1.04. The van der Waals surface area contributed by atoms with Gasteiger partial charge >= 0.3 is 0 Å². The molecule has 100 valence electrons. The van der Waals surface area contributed by atoms with Crippen LogP contribution in [0.15, 0.2) is 22.7 Å². The van der Waals surface area contributed by atoms with Crippen LogP contribution >= 0.6 is 15.9 Å². The molecule has 5 nitrogen and oxygen atoms in total. The Hall–Kier alpha value is -0.920. The number of carbonyl (C=O) groups is 1. The van der Waals surface area contributed by atoms with Crippen molar-refractivity contribution >= 4 is 31.9 Å². The number of sulfonamides is 1. The SMILES string of the molecule is Cc1cc(C(=O)NCCNS(C)(=O)=O)ccc1Br. The van der Waals surface area contributed by atoms with Crippen LogP contribution in [0.2, 0.25) is 0 Å². The van der Waals surface area contributed by atoms with Crippen molar-refractivity contribution in [1.29, 1.82) is 0 Å². The molecule has 0 atom stereocenters. The van der Waals surface area contributed by atoms with Gasteiger partial charge in [0.05, 0.1) is 6.26 Å². The summed E-state index contributed by atoms with van der Waals surface area (Å²) in [6.45, 7) is 2.33. The molecule has 0 saturated carbocycles. The summed E-state index contributed by atoms with van der Waals surface area (Å²) in [6.07, 6.45) is 1.08. The number of hydrogen-bond donors (Lipinski definition) is 2. The third kappa shape index (κ3) is 5.16. The van der Waals surface area contributed by atoms with Crippen LogP contribution in [0.3, 0.4) is 0 Å². The van der Waals surface area contributed by atoms with Gasteiger partial charge in [0, 0.05) is 23.1 Å². The first-order valence-electron chi connectivity index (χ1n) is 5.28. The maximum absolute atomic E-state index is 11.7. The minimum atomic E-state index is -3.21. The molecule has 0 aliphatic heterocycles. The molecule has 18 heavy (non-hydrogen) atoms. The lowest BCUT2D eigenvalue weighted by molar-refractivity contribution is 0.0954. The number of aryl methyl sites for hydroxylation is 1. The molecule has 1 aromatic carbocycles. The number of halogens is 1. The Morgan fingerprint density at radius 1 is 1.33 bits per heavy atom. The van der Waals surface area contributed by atoms with Gasteiger partial charge in [-0.1, -0.05) is 15.9 Å². The highest BCUT2D eigenvalue weighted by Crippen LogP contribution is 2.16. The van der Waals surface area contributed by atoms with Gasteiger partial charge in [0.2, 0.25) is 10.0 Å². The van der Waals surface area contributed by atoms with Gasteiger partial charge in [0.25, 0.3) is 5.91 Å². The van der Waals surface area contributed by atoms with Crippen LogP contribution in [0.1, 0.15) is 15.9 Å². The monoisotopic (exact) mass is 334 g/mol. The van der Waals surface area contributed by atoms with Crippen molar-refractivity contribution < 1.29 is 13.2 Å². The summed E-state index contributed by atoms with van der Waals surface area (Å²) in [5, 5.41) is 2.64. The molecule has 1 rings (SSSR count). The summed E-state index contributed by atoms with van der Waals surface area (Å²) in [6, 6.07) is 5.28. The quantitative estimate of drug-likeness (QED) is 0.790. The number of nitrogens with one attached hydrogen (secondary N) is 2. The van der Waals surface area contributed by atoms with E-state index in [9.17, 15) is 13.2 Å². The highest BCUT2D eigenvalue weighted by Gasteiger charge is 2.06. The lowest BCUT2D eigenvalue weighted by Gasteiger charge is -2.07. The fourth-order valence-electron chi connectivity index (χ4n) is 1.30. The molecule has 0 unspecified atom stereocenters. The van der Waals surface area contributed by atoms with Crippen molar-refractivity contribution in [2.75, 3.05) is 19.3 Å². The number of hydrogen-bond acceptors (Lipinski definition) is 3. The van der Waals surface area contributed by atoms with E-state index >= 15 is 0 Å². The van der Waals surface area contributed by atoms with Crippen LogP contribution in [0, 0.1) is 6.92 Å². The molecule has 0 fully saturated rings. The molecule has 1 aromatic rings. The van der Waals surface area contributed by atoms with E-state index in [2.05, 4.69) is 26.0 Å². The Morgan fingerprint density at radius 3 is 2.56 bits per heavy atom. The van der Waals surface area contributed by atoms with E-state index < -0.39 is 10.0 Å². The molecule has 0 bridgehead atoms. The second kappa shape index (κ2) is 6.31. The van der Waals surface area contributed by atoms with Crippen molar-refractivity contribution in [3.63, 3.8) is 0 Å². The van der Waals surface area contributed by atoms with E-state index in [-0.39, 0.29) is 19.0 Å². The topological polar surface area (TPSA) is 75.3 Å². The zero-order valence-corrected chi connectivity index (χ0v) is 12.6. The lowest BCUT2D eigenvalue weighted by atomic mass is 10.1. The summed E-state index contributed by atoms with van der Waals surface area (Å²) in [7, 11) is -3.21. The Morgan fingerprint density at radius 2 is 2.00 bits per heavy atom. The molecular formula is C11H15BrN2O3S. The van der Waals surface area contributed by atoms with Crippen LogP contribution in [-0.2, 0) is 10.0 Å². The molecule has 1 amide bonds. The van der Waals surface area contributed by atoms with Crippen molar-refractivity contribution in [1.82, 2.24) is 10.0 Å². The number of benzene rings is 1. The molecule has 0 heterocycles. The third-order valence-electron chi connectivity index (χ3n) is 2.19. The smallest absolute Gasteiger partial charge is 0.251 e. The Kier molecular flexibility index (Phi) is 5.30. The normalized spacial score (nSPS) is 11.3. The standard InChI is InChI=1S/C11H15BrN2O3S/c1-8-7-9(3-4-10(8)12)11(15)13-5-6-14-18(2,16)17/h3-4,7,14H,5-6H2,1-2H3,(H,13,15). The van der Waals surface area contributed by atoms with E-state index in [4.69, 9.17) is 0 Å². The highest BCUT2D eigenvalue weighted by molar-refractivity contribution is 9.10. The Balaban J connectivity index is 2.48. The van der Waals surface area contributed by atoms with E-state index in [1.807, 2.05) is 6.92 Å². The first kappa shape index (κ1) is 15.1. The predicted molar refractivity (Wildman–Crippen MR) is 74.1 cm³/mol. The maximum atomic E-state index is 11.7. The van der Waals surface area contributed by atoms with Gasteiger partial charge in [-0.3, -0.25) is 4.79 Å². The lowest BCUT2D eigenvalue weighted by Crippen LogP contribution is -2.34. The van der Waals surface area contributed by atoms with Crippen LogP contribution in [0.4, 0.5) is 0 Å². The second-order valence-corrected chi connectivity index (χ2v) is 6.57. The molecule has 0 saturated heterocycles. The van der Waals surface area contributed by atoms with Crippen molar-refractivity contribution in [2.45, 2.75) is 6.92 Å². The van der Waals surface area contributed by atoms with E-state index in [0.29, 0.717) is 5.56 Å². The van der Waals surface area contributed by atoms with Gasteiger partial charge in [-0.15, -0.1) is 0 Å². The van der Waals surface area contributed by atoms with Gasteiger partial charge in [0.1, 0.15) is 0 Å². The molecule has 0 radical (unpaired) electrons. The molecule has 7 heteroatoms. The first-order chi connectivity index (χ1) is 8.29. The molecule has 0 spiro atoms. The molecular weight excluding hydrogens is 320 g/mol. The zero-order valence-electron chi connectivity index (χ0n) is 10.2. The van der Waals surface area contributed by atoms with Gasteiger partial charge < -0.3 is 5.32 Å². The Labute approximate surface area is 115 Å². The van der Waals surface area contributed by atoms with E-state index in [0.717, 1.165) is 16.3 Å². The van der Waals surface area contributed by atoms with Gasteiger partial charge in [-0.2, -0.15) is 0 Å². The first-order valence-corrected chi connectivity index (χ1v) is 7.97. The number of rotatable bonds is 5. The average Bonchev–Trinajstić information content (AvgIpc) is 2.26. The largest absolute Gasteiger partial charge is 0.351 e. The number of amides is 1. The fourth-order valence-corrected chi connectivity index (χ4v) is 2.02. The maximum Gasteiger partial charge on any atom is 0.251 e. The Bertz CT molecular complexity index is 543. The minimum Gasteiger partial charge on any atom is -0.351 e. The average molecular weight is 335 g/mol. The van der Waals surface area contributed by atoms with Crippen molar-refractivity contribution in [2.24, 2.45) is 0 Å². The summed E-state index contributed by atoms with van der Waals surface area (Å²) in [4.78, 5) is 11.7. The molecule has 0 aliphatic rings. The molecule has 0 aliphatic carbocycles.